The second-order valence-electron chi connectivity index (χ2n) is 7.18. The largest absolute Gasteiger partial charge is 0.321 e. The first kappa shape index (κ1) is 20.3. The van der Waals surface area contributed by atoms with Crippen LogP contribution in [0.4, 0.5) is 5.69 Å². The Morgan fingerprint density at radius 2 is 1.75 bits per heavy atom. The van der Waals surface area contributed by atoms with Crippen molar-refractivity contribution in [3.63, 3.8) is 0 Å². The van der Waals surface area contributed by atoms with Crippen LogP contribution >= 0.6 is 22.9 Å². The van der Waals surface area contributed by atoms with Crippen molar-refractivity contribution in [1.82, 2.24) is 0 Å². The van der Waals surface area contributed by atoms with E-state index in [1.54, 1.807) is 6.07 Å². The topological polar surface area (TPSA) is 46.2 Å². The molecule has 3 nitrogen and oxygen atoms in total. The average molecular weight is 412 g/mol. The number of carbonyl (C=O) groups excluding carboxylic acids is 2. The first-order valence-electron chi connectivity index (χ1n) is 9.14. The molecule has 0 aliphatic carbocycles. The molecule has 1 heterocycles. The quantitative estimate of drug-likeness (QED) is 0.450. The molecule has 0 aliphatic heterocycles. The molecule has 144 valence electrons. The summed E-state index contributed by atoms with van der Waals surface area (Å²) in [7, 11) is 0. The summed E-state index contributed by atoms with van der Waals surface area (Å²) in [5.74, 6) is 0.206. The van der Waals surface area contributed by atoms with Gasteiger partial charge in [-0.3, -0.25) is 9.59 Å². The molecule has 0 spiro atoms. The van der Waals surface area contributed by atoms with Gasteiger partial charge in [0.2, 0.25) is 0 Å². The van der Waals surface area contributed by atoms with Crippen LogP contribution in [-0.2, 0) is 0 Å². The zero-order valence-electron chi connectivity index (χ0n) is 16.1. The molecule has 0 unspecified atom stereocenters. The lowest BCUT2D eigenvalue weighted by Gasteiger charge is -2.10. The number of amides is 1. The highest BCUT2D eigenvalue weighted by atomic mass is 35.5. The number of thiophene rings is 1. The lowest BCUT2D eigenvalue weighted by molar-refractivity contribution is 0.0966. The molecule has 3 rings (SSSR count). The van der Waals surface area contributed by atoms with Gasteiger partial charge in [-0.05, 0) is 54.3 Å². The minimum absolute atomic E-state index is 0.0895. The van der Waals surface area contributed by atoms with Crippen LogP contribution in [-0.4, -0.2) is 11.7 Å². The van der Waals surface area contributed by atoms with Crippen molar-refractivity contribution in [2.45, 2.75) is 27.2 Å². The number of carbonyl (C=O) groups is 2. The highest BCUT2D eigenvalue weighted by Gasteiger charge is 2.14. The normalized spacial score (nSPS) is 10.9. The molecule has 0 saturated carbocycles. The highest BCUT2D eigenvalue weighted by Crippen LogP contribution is 2.30. The van der Waals surface area contributed by atoms with E-state index in [1.807, 2.05) is 69.3 Å². The monoisotopic (exact) mass is 411 g/mol. The van der Waals surface area contributed by atoms with Gasteiger partial charge in [0.25, 0.3) is 5.91 Å². The Bertz CT molecular complexity index is 1010. The number of anilines is 1. The van der Waals surface area contributed by atoms with E-state index < -0.39 is 0 Å². The summed E-state index contributed by atoms with van der Waals surface area (Å²) in [5.41, 5.74) is 3.23. The number of aryl methyl sites for hydroxylation is 1. The van der Waals surface area contributed by atoms with E-state index >= 15 is 0 Å². The zero-order valence-corrected chi connectivity index (χ0v) is 17.7. The summed E-state index contributed by atoms with van der Waals surface area (Å²) in [6.07, 6.45) is 0.492. The van der Waals surface area contributed by atoms with Crippen molar-refractivity contribution in [3.05, 3.63) is 75.6 Å². The van der Waals surface area contributed by atoms with Gasteiger partial charge in [-0.25, -0.2) is 0 Å². The minimum Gasteiger partial charge on any atom is -0.321 e. The molecule has 0 radical (unpaired) electrons. The molecular formula is C23H22ClNO2S. The number of Topliss-reactive ketones (excluding diaryl/α,β-unsaturated/α-hetero) is 1. The first-order valence-corrected chi connectivity index (χ1v) is 10.3. The fourth-order valence-corrected chi connectivity index (χ4v) is 3.86. The van der Waals surface area contributed by atoms with Crippen molar-refractivity contribution < 1.29 is 9.59 Å². The van der Waals surface area contributed by atoms with Crippen molar-refractivity contribution in [3.8, 4) is 10.4 Å². The van der Waals surface area contributed by atoms with Crippen LogP contribution in [0, 0.1) is 12.8 Å². The Morgan fingerprint density at radius 3 is 2.43 bits per heavy atom. The molecule has 0 aliphatic rings. The van der Waals surface area contributed by atoms with Crippen LogP contribution in [0.3, 0.4) is 0 Å². The second-order valence-corrected chi connectivity index (χ2v) is 8.70. The van der Waals surface area contributed by atoms with Gasteiger partial charge < -0.3 is 5.32 Å². The molecule has 0 fully saturated rings. The number of hydrogen-bond donors (Lipinski definition) is 1. The van der Waals surface area contributed by atoms with Crippen LogP contribution in [0.1, 0.15) is 45.9 Å². The van der Waals surface area contributed by atoms with E-state index in [0.717, 1.165) is 16.0 Å². The number of halogens is 1. The third-order valence-corrected chi connectivity index (χ3v) is 5.74. The fourth-order valence-electron chi connectivity index (χ4n) is 2.83. The Morgan fingerprint density at radius 1 is 1.04 bits per heavy atom. The summed E-state index contributed by atoms with van der Waals surface area (Å²) < 4.78 is 0. The van der Waals surface area contributed by atoms with Crippen LogP contribution in [0.25, 0.3) is 10.4 Å². The third kappa shape index (κ3) is 4.89. The molecule has 1 N–H and O–H groups in total. The van der Waals surface area contributed by atoms with E-state index in [-0.39, 0.29) is 11.7 Å². The van der Waals surface area contributed by atoms with Crippen molar-refractivity contribution in [2.75, 3.05) is 5.32 Å². The molecule has 0 saturated heterocycles. The van der Waals surface area contributed by atoms with E-state index in [9.17, 15) is 9.59 Å². The van der Waals surface area contributed by atoms with Crippen LogP contribution in [0.5, 0.6) is 0 Å². The van der Waals surface area contributed by atoms with Crippen LogP contribution in [0.2, 0.25) is 5.02 Å². The van der Waals surface area contributed by atoms with Gasteiger partial charge >= 0.3 is 0 Å². The van der Waals surface area contributed by atoms with E-state index in [0.29, 0.717) is 33.5 Å². The molecule has 2 aromatic carbocycles. The third-order valence-electron chi connectivity index (χ3n) is 4.36. The molecule has 0 atom stereocenters. The zero-order chi connectivity index (χ0) is 20.3. The maximum Gasteiger partial charge on any atom is 0.265 e. The lowest BCUT2D eigenvalue weighted by atomic mass is 9.99. The van der Waals surface area contributed by atoms with Crippen molar-refractivity contribution in [1.29, 1.82) is 0 Å². The smallest absolute Gasteiger partial charge is 0.265 e. The summed E-state index contributed by atoms with van der Waals surface area (Å²) in [4.78, 5) is 26.7. The Labute approximate surface area is 174 Å². The number of rotatable bonds is 6. The van der Waals surface area contributed by atoms with Crippen molar-refractivity contribution >= 4 is 40.3 Å². The maximum absolute atomic E-state index is 12.7. The summed E-state index contributed by atoms with van der Waals surface area (Å²) in [6.45, 7) is 5.95. The van der Waals surface area contributed by atoms with Crippen molar-refractivity contribution in [2.24, 2.45) is 5.92 Å². The molecule has 0 bridgehead atoms. The number of ketones is 1. The van der Waals surface area contributed by atoms with E-state index in [4.69, 9.17) is 11.6 Å². The number of nitrogens with one attached hydrogen (secondary N) is 1. The van der Waals surface area contributed by atoms with Crippen LogP contribution < -0.4 is 5.32 Å². The molecule has 1 aromatic heterocycles. The second kappa shape index (κ2) is 8.72. The summed E-state index contributed by atoms with van der Waals surface area (Å²) in [5, 5.41) is 3.63. The highest BCUT2D eigenvalue weighted by molar-refractivity contribution is 7.17. The molecular weight excluding hydrogens is 390 g/mol. The van der Waals surface area contributed by atoms with Gasteiger partial charge in [0.05, 0.1) is 4.88 Å². The minimum atomic E-state index is -0.179. The summed E-state index contributed by atoms with van der Waals surface area (Å²) >= 11 is 7.36. The van der Waals surface area contributed by atoms with E-state index in [2.05, 4.69) is 5.32 Å². The lowest BCUT2D eigenvalue weighted by Crippen LogP contribution is -2.12. The maximum atomic E-state index is 12.7. The Hall–Kier alpha value is -2.43. The number of benzene rings is 2. The Balaban J connectivity index is 1.78. The Kier molecular flexibility index (Phi) is 6.32. The average Bonchev–Trinajstić information content (AvgIpc) is 3.13. The predicted molar refractivity (Wildman–Crippen MR) is 118 cm³/mol. The molecule has 1 amide bonds. The summed E-state index contributed by atoms with van der Waals surface area (Å²) in [6, 6.07) is 16.7. The van der Waals surface area contributed by atoms with E-state index in [1.165, 1.54) is 11.3 Å². The number of hydrogen-bond acceptors (Lipinski definition) is 3. The van der Waals surface area contributed by atoms with Gasteiger partial charge in [0, 0.05) is 27.6 Å². The molecule has 3 aromatic rings. The molecule has 5 heteroatoms. The standard InChI is InChI=1S/C23H22ClNO2S/c1-14(2)12-20(26)17-5-4-15(3)19(13-17)25-23(27)22-11-10-21(28-22)16-6-8-18(24)9-7-16/h4-11,13-14H,12H2,1-3H3,(H,25,27). The van der Waals surface area contributed by atoms with Gasteiger partial charge in [0.1, 0.15) is 0 Å². The van der Waals surface area contributed by atoms with Crippen LogP contribution in [0.15, 0.2) is 54.6 Å². The predicted octanol–water partition coefficient (Wildman–Crippen LogP) is 6.86. The SMILES string of the molecule is Cc1ccc(C(=O)CC(C)C)cc1NC(=O)c1ccc(-c2ccc(Cl)cc2)s1. The van der Waals surface area contributed by atoms with Gasteiger partial charge in [-0.15, -0.1) is 11.3 Å². The molecule has 28 heavy (non-hydrogen) atoms. The van der Waals surface area contributed by atoms with Gasteiger partial charge in [-0.1, -0.05) is 49.7 Å². The first-order chi connectivity index (χ1) is 13.3. The van der Waals surface area contributed by atoms with Gasteiger partial charge in [0.15, 0.2) is 5.78 Å². The fraction of sp³-hybridized carbons (Fsp3) is 0.217. The van der Waals surface area contributed by atoms with Gasteiger partial charge in [-0.2, -0.15) is 0 Å².